The molecule has 0 aliphatic carbocycles. The van der Waals surface area contributed by atoms with Crippen molar-refractivity contribution in [2.24, 2.45) is 0 Å². The molecule has 0 amide bonds. The average molecular weight is 307 g/mol. The van der Waals surface area contributed by atoms with Gasteiger partial charge >= 0.3 is 0 Å². The summed E-state index contributed by atoms with van der Waals surface area (Å²) in [4.78, 5) is 0. The molecule has 0 aliphatic rings. The minimum atomic E-state index is 0.608. The molecule has 2 unspecified atom stereocenters. The number of hydrogen-bond donors (Lipinski definition) is 0. The third-order valence-corrected chi connectivity index (χ3v) is 6.47. The van der Waals surface area contributed by atoms with Crippen LogP contribution in [-0.2, 0) is 0 Å². The van der Waals surface area contributed by atoms with Gasteiger partial charge in [-0.05, 0) is 54.4 Å². The van der Waals surface area contributed by atoms with E-state index in [4.69, 9.17) is 0 Å². The lowest BCUT2D eigenvalue weighted by Gasteiger charge is -2.34. The van der Waals surface area contributed by atoms with Crippen molar-refractivity contribution in [3.05, 3.63) is 0 Å². The van der Waals surface area contributed by atoms with Gasteiger partial charge in [0.2, 0.25) is 0 Å². The van der Waals surface area contributed by atoms with Crippen molar-refractivity contribution in [1.82, 2.24) is 8.61 Å². The second kappa shape index (κ2) is 10.4. The average Bonchev–Trinajstić information content (AvgIpc) is 2.36. The van der Waals surface area contributed by atoms with Crippen molar-refractivity contribution in [1.29, 1.82) is 0 Å². The Morgan fingerprint density at radius 2 is 1.00 bits per heavy atom. The maximum absolute atomic E-state index is 2.54. The van der Waals surface area contributed by atoms with Gasteiger partial charge < -0.3 is 0 Å². The van der Waals surface area contributed by atoms with E-state index in [-0.39, 0.29) is 0 Å². The summed E-state index contributed by atoms with van der Waals surface area (Å²) in [7, 11) is 0. The van der Waals surface area contributed by atoms with Crippen LogP contribution in [0.25, 0.3) is 0 Å². The van der Waals surface area contributed by atoms with E-state index in [1.807, 2.05) is 23.9 Å². The molecule has 0 aliphatic heterocycles. The quantitative estimate of drug-likeness (QED) is 0.401. The summed E-state index contributed by atoms with van der Waals surface area (Å²) in [5.74, 6) is 0. The Bertz CT molecular complexity index is 200. The Hall–Kier alpha value is 0.620. The fourth-order valence-electron chi connectivity index (χ4n) is 2.08. The summed E-state index contributed by atoms with van der Waals surface area (Å²) >= 11 is 3.98. The van der Waals surface area contributed by atoms with E-state index in [2.05, 4.69) is 64.0 Å². The van der Waals surface area contributed by atoms with Gasteiger partial charge in [-0.2, -0.15) is 0 Å². The Morgan fingerprint density at radius 3 is 1.21 bits per heavy atom. The highest BCUT2D eigenvalue weighted by atomic mass is 32.2. The van der Waals surface area contributed by atoms with Crippen molar-refractivity contribution in [2.45, 2.75) is 92.4 Å². The van der Waals surface area contributed by atoms with Gasteiger partial charge in [0.15, 0.2) is 0 Å². The lowest BCUT2D eigenvalue weighted by atomic mass is 10.2. The van der Waals surface area contributed by atoms with Gasteiger partial charge in [-0.25, -0.2) is 8.61 Å². The fourth-order valence-corrected chi connectivity index (χ4v) is 4.64. The minimum absolute atomic E-state index is 0.608. The van der Waals surface area contributed by atoms with Crippen LogP contribution in [0.3, 0.4) is 0 Å². The van der Waals surface area contributed by atoms with E-state index in [0.29, 0.717) is 24.2 Å². The molecule has 0 aromatic carbocycles. The van der Waals surface area contributed by atoms with E-state index in [0.717, 1.165) is 5.08 Å². The van der Waals surface area contributed by atoms with Gasteiger partial charge in [0.25, 0.3) is 0 Å². The second-order valence-corrected chi connectivity index (χ2v) is 8.10. The summed E-state index contributed by atoms with van der Waals surface area (Å²) in [6.45, 7) is 18.4. The van der Waals surface area contributed by atoms with E-state index in [1.165, 1.54) is 12.8 Å². The van der Waals surface area contributed by atoms with E-state index < -0.39 is 0 Å². The molecule has 0 aromatic rings. The zero-order valence-electron chi connectivity index (χ0n) is 14.1. The summed E-state index contributed by atoms with van der Waals surface area (Å²) in [6, 6.07) is 2.52. The third kappa shape index (κ3) is 7.26. The SMILES string of the molecule is CCC(C)N(SCSN(C(C)C)C(C)CC)C(C)C. The molecular formula is C15H34N2S2. The third-order valence-electron chi connectivity index (χ3n) is 3.47. The first-order valence-corrected chi connectivity index (χ1v) is 9.56. The first-order valence-electron chi connectivity index (χ1n) is 7.67. The molecule has 116 valence electrons. The molecule has 0 saturated heterocycles. The Kier molecular flexibility index (Phi) is 10.7. The highest BCUT2D eigenvalue weighted by molar-refractivity contribution is 8.13. The summed E-state index contributed by atoms with van der Waals surface area (Å²) < 4.78 is 5.09. The summed E-state index contributed by atoms with van der Waals surface area (Å²) in [6.07, 6.45) is 2.43. The van der Waals surface area contributed by atoms with Gasteiger partial charge in [-0.3, -0.25) is 0 Å². The fraction of sp³-hybridized carbons (Fsp3) is 1.00. The lowest BCUT2D eigenvalue weighted by molar-refractivity contribution is 0.308. The van der Waals surface area contributed by atoms with Crippen LogP contribution in [0.15, 0.2) is 0 Å². The molecule has 2 atom stereocenters. The smallest absolute Gasteiger partial charge is 0.0687 e. The van der Waals surface area contributed by atoms with Crippen molar-refractivity contribution < 1.29 is 0 Å². The Balaban J connectivity index is 4.29. The molecule has 0 rings (SSSR count). The predicted octanol–water partition coefficient (Wildman–Crippen LogP) is 5.26. The maximum atomic E-state index is 2.54. The van der Waals surface area contributed by atoms with Gasteiger partial charge in [-0.15, -0.1) is 0 Å². The molecule has 0 fully saturated rings. The number of hydrogen-bond acceptors (Lipinski definition) is 4. The molecule has 0 aromatic heterocycles. The van der Waals surface area contributed by atoms with Crippen LogP contribution in [0.5, 0.6) is 0 Å². The van der Waals surface area contributed by atoms with Crippen molar-refractivity contribution >= 4 is 23.9 Å². The van der Waals surface area contributed by atoms with E-state index >= 15 is 0 Å². The Morgan fingerprint density at radius 1 is 0.684 bits per heavy atom. The highest BCUT2D eigenvalue weighted by Gasteiger charge is 2.19. The van der Waals surface area contributed by atoms with Crippen LogP contribution >= 0.6 is 23.9 Å². The minimum Gasteiger partial charge on any atom is -0.245 e. The number of nitrogens with zero attached hydrogens (tertiary/aromatic N) is 2. The molecule has 0 N–H and O–H groups in total. The van der Waals surface area contributed by atoms with E-state index in [9.17, 15) is 0 Å². The van der Waals surface area contributed by atoms with Gasteiger partial charge in [-0.1, -0.05) is 37.7 Å². The van der Waals surface area contributed by atoms with Crippen LogP contribution in [0, 0.1) is 0 Å². The van der Waals surface area contributed by atoms with Crippen LogP contribution in [0.2, 0.25) is 0 Å². The predicted molar refractivity (Wildman–Crippen MR) is 93.5 cm³/mol. The molecule has 0 radical (unpaired) electrons. The molecule has 0 saturated carbocycles. The molecule has 19 heavy (non-hydrogen) atoms. The van der Waals surface area contributed by atoms with Crippen LogP contribution in [0.1, 0.15) is 68.2 Å². The second-order valence-electron chi connectivity index (χ2n) is 5.80. The largest absolute Gasteiger partial charge is 0.245 e. The van der Waals surface area contributed by atoms with E-state index in [1.54, 1.807) is 0 Å². The van der Waals surface area contributed by atoms with Crippen LogP contribution < -0.4 is 0 Å². The molecule has 0 spiro atoms. The molecule has 2 nitrogen and oxygen atoms in total. The highest BCUT2D eigenvalue weighted by Crippen LogP contribution is 2.28. The van der Waals surface area contributed by atoms with Gasteiger partial charge in [0.1, 0.15) is 0 Å². The van der Waals surface area contributed by atoms with Crippen LogP contribution in [-0.4, -0.2) is 37.9 Å². The topological polar surface area (TPSA) is 6.48 Å². The van der Waals surface area contributed by atoms with Crippen molar-refractivity contribution in [2.75, 3.05) is 5.08 Å². The molecule has 0 bridgehead atoms. The monoisotopic (exact) mass is 306 g/mol. The standard InChI is InChI=1S/C15H34N2S2/c1-9-14(7)16(12(3)4)18-11-19-17(13(5)6)15(8)10-2/h12-15H,9-11H2,1-8H3. The van der Waals surface area contributed by atoms with Gasteiger partial charge in [0, 0.05) is 24.2 Å². The molecule has 0 heterocycles. The lowest BCUT2D eigenvalue weighted by Crippen LogP contribution is -2.34. The zero-order chi connectivity index (χ0) is 15.0. The summed E-state index contributed by atoms with van der Waals surface area (Å²) in [5, 5.41) is 1.12. The molecule has 4 heteroatoms. The van der Waals surface area contributed by atoms with Crippen molar-refractivity contribution in [3.63, 3.8) is 0 Å². The zero-order valence-corrected chi connectivity index (χ0v) is 15.8. The summed E-state index contributed by atoms with van der Waals surface area (Å²) in [5.41, 5.74) is 0. The number of rotatable bonds is 10. The Labute approximate surface area is 130 Å². The first kappa shape index (κ1) is 19.6. The maximum Gasteiger partial charge on any atom is 0.0687 e. The van der Waals surface area contributed by atoms with Gasteiger partial charge in [0.05, 0.1) is 5.08 Å². The first-order chi connectivity index (χ1) is 8.84. The normalized spacial score (nSPS) is 15.8. The van der Waals surface area contributed by atoms with Crippen molar-refractivity contribution in [3.8, 4) is 0 Å². The molecular weight excluding hydrogens is 272 g/mol. The van der Waals surface area contributed by atoms with Crippen LogP contribution in [0.4, 0.5) is 0 Å².